The minimum atomic E-state index is -0.424. The van der Waals surface area contributed by atoms with E-state index >= 15 is 0 Å². The smallest absolute Gasteiger partial charge is 0.328 e. The van der Waals surface area contributed by atoms with E-state index in [1.54, 1.807) is 20.0 Å². The summed E-state index contributed by atoms with van der Waals surface area (Å²) in [4.78, 5) is 48.4. The topological polar surface area (TPSA) is 103 Å². The van der Waals surface area contributed by atoms with Crippen LogP contribution >= 0.6 is 0 Å². The Morgan fingerprint density at radius 1 is 1.18 bits per heavy atom. The molecule has 10 heteroatoms. The first kappa shape index (κ1) is 22.8. The van der Waals surface area contributed by atoms with Gasteiger partial charge >= 0.3 is 5.69 Å². The Bertz CT molecular complexity index is 1320. The summed E-state index contributed by atoms with van der Waals surface area (Å²) in [6.45, 7) is 7.94. The monoisotopic (exact) mass is 446 g/mol. The van der Waals surface area contributed by atoms with Crippen molar-refractivity contribution in [3.05, 3.63) is 62.1 Å². The van der Waals surface area contributed by atoms with E-state index in [2.05, 4.69) is 25.1 Å². The minimum Gasteiger partial charge on any atom is -0.368 e. The maximum atomic E-state index is 12.6. The Kier molecular flexibility index (Phi) is 6.37. The average Bonchev–Trinajstić information content (AvgIpc) is 2.79. The molecule has 3 aromatic rings. The number of pyridine rings is 1. The van der Waals surface area contributed by atoms with Crippen LogP contribution in [0.3, 0.4) is 0 Å². The number of hydrogen-bond acceptors (Lipinski definition) is 6. The lowest BCUT2D eigenvalue weighted by molar-refractivity contribution is 0.0958. The van der Waals surface area contributed by atoms with Gasteiger partial charge in [-0.15, -0.1) is 0 Å². The van der Waals surface area contributed by atoms with Crippen LogP contribution in [0, 0.1) is 6.92 Å². The number of piperazine rings is 1. The zero-order valence-electron chi connectivity index (χ0n) is 19.1. The van der Waals surface area contributed by atoms with Gasteiger partial charge in [0, 0.05) is 46.3 Å². The molecular weight excluding hydrogens is 419 g/mol. The highest BCUT2D eigenvalue weighted by Crippen LogP contribution is 2.21. The molecule has 0 unspecified atom stereocenters. The molecule has 1 amide bonds. The molecule has 1 saturated heterocycles. The molecule has 1 aliphatic rings. The standard InChI is InChI=1S/C23H27BN6O3/c1-4-30-22(32)20-16(24)11-15(12-18(20)27-23(30)33)13-28-7-9-29(10-8-28)19-6-5-17(21(31)25-3)26-14(19)2/h5-6,11-12H,4,7-10,13H2,1-3H3,(H,25,31)(H,27,33). The van der Waals surface area contributed by atoms with Gasteiger partial charge in [0.05, 0.1) is 22.3 Å². The van der Waals surface area contributed by atoms with Crippen LogP contribution in [0.2, 0.25) is 0 Å². The van der Waals surface area contributed by atoms with Crippen LogP contribution in [0.15, 0.2) is 33.9 Å². The number of fused-ring (bicyclic) bond motifs is 1. The summed E-state index contributed by atoms with van der Waals surface area (Å²) in [7, 11) is 7.79. The third-order valence-electron chi connectivity index (χ3n) is 6.13. The molecule has 1 aliphatic heterocycles. The number of carbonyl (C=O) groups excluding carboxylic acids is 1. The van der Waals surface area contributed by atoms with Crippen molar-refractivity contribution in [1.29, 1.82) is 0 Å². The molecule has 0 saturated carbocycles. The number of rotatable bonds is 5. The molecule has 1 fully saturated rings. The Labute approximate surface area is 192 Å². The van der Waals surface area contributed by atoms with Gasteiger partial charge < -0.3 is 15.2 Å². The SMILES string of the molecule is [B]c1cc(CN2CCN(c3ccc(C(=O)NC)nc3C)CC2)cc2[nH]c(=O)n(CC)c(=O)c12. The van der Waals surface area contributed by atoms with Gasteiger partial charge in [-0.2, -0.15) is 0 Å². The van der Waals surface area contributed by atoms with Crippen LogP contribution in [0.5, 0.6) is 0 Å². The molecule has 33 heavy (non-hydrogen) atoms. The maximum absolute atomic E-state index is 12.6. The number of aromatic nitrogens is 3. The molecule has 3 heterocycles. The van der Waals surface area contributed by atoms with E-state index in [4.69, 9.17) is 7.85 Å². The number of carbonyl (C=O) groups is 1. The van der Waals surface area contributed by atoms with E-state index in [9.17, 15) is 14.4 Å². The summed E-state index contributed by atoms with van der Waals surface area (Å²) < 4.78 is 1.15. The molecule has 0 bridgehead atoms. The quantitative estimate of drug-likeness (QED) is 0.531. The summed E-state index contributed by atoms with van der Waals surface area (Å²) >= 11 is 0. The van der Waals surface area contributed by atoms with Gasteiger partial charge in [0.2, 0.25) is 0 Å². The highest BCUT2D eigenvalue weighted by molar-refractivity contribution is 6.38. The lowest BCUT2D eigenvalue weighted by Gasteiger charge is -2.36. The van der Waals surface area contributed by atoms with Crippen molar-refractivity contribution in [1.82, 2.24) is 24.8 Å². The van der Waals surface area contributed by atoms with Crippen molar-refractivity contribution >= 4 is 35.8 Å². The van der Waals surface area contributed by atoms with Gasteiger partial charge in [0.1, 0.15) is 13.5 Å². The molecule has 4 rings (SSSR count). The Morgan fingerprint density at radius 3 is 2.55 bits per heavy atom. The summed E-state index contributed by atoms with van der Waals surface area (Å²) in [6, 6.07) is 7.36. The van der Waals surface area contributed by atoms with Crippen LogP contribution in [-0.2, 0) is 13.1 Å². The average molecular weight is 446 g/mol. The van der Waals surface area contributed by atoms with Crippen LogP contribution in [-0.4, -0.2) is 66.4 Å². The second-order valence-electron chi connectivity index (χ2n) is 8.23. The highest BCUT2D eigenvalue weighted by atomic mass is 16.2. The molecule has 2 aromatic heterocycles. The number of anilines is 1. The minimum absolute atomic E-state index is 0.195. The first-order valence-electron chi connectivity index (χ1n) is 11.0. The van der Waals surface area contributed by atoms with Gasteiger partial charge in [-0.3, -0.25) is 19.1 Å². The Morgan fingerprint density at radius 2 is 1.91 bits per heavy atom. The number of hydrogen-bond donors (Lipinski definition) is 2. The van der Waals surface area contributed by atoms with Crippen molar-refractivity contribution < 1.29 is 4.79 Å². The number of aryl methyl sites for hydroxylation is 1. The second-order valence-corrected chi connectivity index (χ2v) is 8.23. The first-order valence-corrected chi connectivity index (χ1v) is 11.0. The predicted molar refractivity (Wildman–Crippen MR) is 130 cm³/mol. The molecule has 2 N–H and O–H groups in total. The van der Waals surface area contributed by atoms with E-state index in [1.165, 1.54) is 0 Å². The fraction of sp³-hybridized carbons (Fsp3) is 0.391. The molecular formula is C23H27BN6O3. The summed E-state index contributed by atoms with van der Waals surface area (Å²) in [5.41, 5.74) is 3.28. The van der Waals surface area contributed by atoms with E-state index in [-0.39, 0.29) is 11.5 Å². The number of H-pyrrole nitrogens is 1. The van der Waals surface area contributed by atoms with Crippen LogP contribution < -0.4 is 26.9 Å². The van der Waals surface area contributed by atoms with E-state index < -0.39 is 5.69 Å². The lowest BCUT2D eigenvalue weighted by Crippen LogP contribution is -2.46. The van der Waals surface area contributed by atoms with Crippen LogP contribution in [0.1, 0.15) is 28.7 Å². The van der Waals surface area contributed by atoms with Gasteiger partial charge in [0.25, 0.3) is 11.5 Å². The normalized spacial score (nSPS) is 14.6. The number of benzene rings is 1. The first-order chi connectivity index (χ1) is 15.8. The van der Waals surface area contributed by atoms with E-state index in [0.717, 1.165) is 47.7 Å². The van der Waals surface area contributed by atoms with E-state index in [1.807, 2.05) is 25.1 Å². The van der Waals surface area contributed by atoms with Crippen LogP contribution in [0.4, 0.5) is 5.69 Å². The zero-order chi connectivity index (χ0) is 23.7. The van der Waals surface area contributed by atoms with E-state index in [0.29, 0.717) is 35.1 Å². The fourth-order valence-corrected chi connectivity index (χ4v) is 4.40. The largest absolute Gasteiger partial charge is 0.368 e. The Hall–Kier alpha value is -3.40. The number of nitrogens with one attached hydrogen (secondary N) is 2. The second kappa shape index (κ2) is 9.23. The fourth-order valence-electron chi connectivity index (χ4n) is 4.40. The third kappa shape index (κ3) is 4.43. The summed E-state index contributed by atoms with van der Waals surface area (Å²) in [5, 5.41) is 2.95. The molecule has 1 aromatic carbocycles. The highest BCUT2D eigenvalue weighted by Gasteiger charge is 2.20. The lowest BCUT2D eigenvalue weighted by atomic mass is 9.90. The molecule has 2 radical (unpaired) electrons. The predicted octanol–water partition coefficient (Wildman–Crippen LogP) is -0.111. The van der Waals surface area contributed by atoms with Crippen molar-refractivity contribution in [2.24, 2.45) is 0 Å². The number of nitrogens with zero attached hydrogens (tertiary/aromatic N) is 4. The van der Waals surface area contributed by atoms with Gasteiger partial charge in [-0.1, -0.05) is 11.5 Å². The maximum Gasteiger partial charge on any atom is 0.328 e. The van der Waals surface area contributed by atoms with Crippen LogP contribution in [0.25, 0.3) is 10.9 Å². The van der Waals surface area contributed by atoms with Crippen molar-refractivity contribution in [3.63, 3.8) is 0 Å². The summed E-state index contributed by atoms with van der Waals surface area (Å²) in [6.07, 6.45) is 0. The van der Waals surface area contributed by atoms with Gasteiger partial charge in [0.15, 0.2) is 0 Å². The number of aromatic amines is 1. The van der Waals surface area contributed by atoms with Gasteiger partial charge in [-0.25, -0.2) is 9.78 Å². The third-order valence-corrected chi connectivity index (χ3v) is 6.13. The summed E-state index contributed by atoms with van der Waals surface area (Å²) in [5.74, 6) is -0.195. The molecule has 0 aliphatic carbocycles. The molecule has 9 nitrogen and oxygen atoms in total. The molecule has 0 atom stereocenters. The zero-order valence-corrected chi connectivity index (χ0v) is 19.1. The van der Waals surface area contributed by atoms with Crippen molar-refractivity contribution in [3.8, 4) is 0 Å². The molecule has 170 valence electrons. The Balaban J connectivity index is 1.48. The van der Waals surface area contributed by atoms with Gasteiger partial charge in [-0.05, 0) is 37.6 Å². The van der Waals surface area contributed by atoms with Crippen molar-refractivity contribution in [2.75, 3.05) is 38.1 Å². The number of amides is 1. The van der Waals surface area contributed by atoms with Crippen molar-refractivity contribution in [2.45, 2.75) is 26.9 Å². The molecule has 0 spiro atoms.